The van der Waals surface area contributed by atoms with Crippen LogP contribution in [0, 0.1) is 20.8 Å². The highest BCUT2D eigenvalue weighted by Crippen LogP contribution is 2.20. The topological polar surface area (TPSA) is 55.1 Å². The minimum Gasteiger partial charge on any atom is -0.399 e. The minimum absolute atomic E-state index is 0.0322. The Bertz CT molecular complexity index is 677. The molecule has 0 saturated heterocycles. The van der Waals surface area contributed by atoms with Crippen molar-refractivity contribution in [1.82, 2.24) is 5.32 Å². The number of aryl methyl sites for hydroxylation is 3. The van der Waals surface area contributed by atoms with E-state index in [0.29, 0.717) is 11.3 Å². The Morgan fingerprint density at radius 3 is 2.43 bits per heavy atom. The van der Waals surface area contributed by atoms with E-state index >= 15 is 0 Å². The third-order valence-corrected chi connectivity index (χ3v) is 3.78. The lowest BCUT2D eigenvalue weighted by atomic mass is 9.99. The molecule has 0 aliphatic carbocycles. The number of benzene rings is 2. The van der Waals surface area contributed by atoms with Crippen molar-refractivity contribution in [2.45, 2.75) is 33.7 Å². The van der Waals surface area contributed by atoms with Crippen molar-refractivity contribution in [2.75, 3.05) is 5.73 Å². The van der Waals surface area contributed by atoms with Gasteiger partial charge in [0.25, 0.3) is 5.91 Å². The first-order valence-corrected chi connectivity index (χ1v) is 7.12. The number of amides is 1. The van der Waals surface area contributed by atoms with E-state index in [1.54, 1.807) is 12.1 Å². The molecule has 21 heavy (non-hydrogen) atoms. The summed E-state index contributed by atoms with van der Waals surface area (Å²) in [5.74, 6) is -0.0773. The highest BCUT2D eigenvalue weighted by molar-refractivity contribution is 5.95. The second-order valence-corrected chi connectivity index (χ2v) is 5.63. The predicted octanol–water partition coefficient (Wildman–Crippen LogP) is 3.69. The molecule has 2 aromatic carbocycles. The molecule has 0 radical (unpaired) electrons. The maximum Gasteiger partial charge on any atom is 0.251 e. The molecule has 0 aliphatic heterocycles. The molecule has 0 aliphatic rings. The van der Waals surface area contributed by atoms with Crippen LogP contribution < -0.4 is 11.1 Å². The molecule has 1 atom stereocenters. The Labute approximate surface area is 126 Å². The average molecular weight is 282 g/mol. The Morgan fingerprint density at radius 2 is 1.76 bits per heavy atom. The maximum absolute atomic E-state index is 12.3. The summed E-state index contributed by atoms with van der Waals surface area (Å²) in [6.07, 6.45) is 0. The largest absolute Gasteiger partial charge is 0.399 e. The van der Waals surface area contributed by atoms with Crippen LogP contribution >= 0.6 is 0 Å². The number of carbonyl (C=O) groups is 1. The molecule has 1 amide bonds. The number of anilines is 1. The zero-order valence-corrected chi connectivity index (χ0v) is 13.0. The van der Waals surface area contributed by atoms with Crippen molar-refractivity contribution in [3.05, 3.63) is 64.2 Å². The molecule has 0 bridgehead atoms. The standard InChI is InChI=1S/C18H22N2O/c1-11-5-6-12(2)16(9-11)14(4)20-18(21)15-7-8-17(19)13(3)10-15/h5-10,14H,19H2,1-4H3,(H,20,21). The summed E-state index contributed by atoms with van der Waals surface area (Å²) >= 11 is 0. The summed E-state index contributed by atoms with van der Waals surface area (Å²) < 4.78 is 0. The molecule has 0 aromatic heterocycles. The van der Waals surface area contributed by atoms with Gasteiger partial charge in [0.15, 0.2) is 0 Å². The zero-order valence-electron chi connectivity index (χ0n) is 13.0. The third kappa shape index (κ3) is 3.43. The van der Waals surface area contributed by atoms with Crippen molar-refractivity contribution in [3.63, 3.8) is 0 Å². The van der Waals surface area contributed by atoms with Crippen LogP contribution in [-0.2, 0) is 0 Å². The third-order valence-electron chi connectivity index (χ3n) is 3.78. The van der Waals surface area contributed by atoms with Crippen molar-refractivity contribution < 1.29 is 4.79 Å². The molecule has 1 unspecified atom stereocenters. The van der Waals surface area contributed by atoms with Crippen LogP contribution in [0.25, 0.3) is 0 Å². The van der Waals surface area contributed by atoms with E-state index in [0.717, 1.165) is 11.1 Å². The van der Waals surface area contributed by atoms with E-state index in [9.17, 15) is 4.79 Å². The molecule has 0 spiro atoms. The van der Waals surface area contributed by atoms with E-state index in [1.807, 2.05) is 19.9 Å². The van der Waals surface area contributed by atoms with Crippen LogP contribution in [0.5, 0.6) is 0 Å². The average Bonchev–Trinajstić information content (AvgIpc) is 2.44. The number of nitrogens with one attached hydrogen (secondary N) is 1. The Balaban J connectivity index is 2.18. The molecular weight excluding hydrogens is 260 g/mol. The van der Waals surface area contributed by atoms with Gasteiger partial charge in [-0.2, -0.15) is 0 Å². The smallest absolute Gasteiger partial charge is 0.251 e. The fourth-order valence-corrected chi connectivity index (χ4v) is 2.40. The van der Waals surface area contributed by atoms with Gasteiger partial charge in [0.05, 0.1) is 6.04 Å². The van der Waals surface area contributed by atoms with Gasteiger partial charge in [-0.15, -0.1) is 0 Å². The summed E-state index contributed by atoms with van der Waals surface area (Å²) in [4.78, 5) is 12.3. The number of rotatable bonds is 3. The van der Waals surface area contributed by atoms with Crippen molar-refractivity contribution in [2.24, 2.45) is 0 Å². The number of hydrogen-bond donors (Lipinski definition) is 2. The predicted molar refractivity (Wildman–Crippen MR) is 87.4 cm³/mol. The van der Waals surface area contributed by atoms with Gasteiger partial charge in [-0.1, -0.05) is 23.8 Å². The van der Waals surface area contributed by atoms with Crippen LogP contribution in [0.4, 0.5) is 5.69 Å². The van der Waals surface area contributed by atoms with Gasteiger partial charge in [0.2, 0.25) is 0 Å². The van der Waals surface area contributed by atoms with E-state index in [-0.39, 0.29) is 11.9 Å². The molecule has 3 nitrogen and oxygen atoms in total. The zero-order chi connectivity index (χ0) is 15.6. The Hall–Kier alpha value is -2.29. The summed E-state index contributed by atoms with van der Waals surface area (Å²) in [6.45, 7) is 8.02. The number of carbonyl (C=O) groups excluding carboxylic acids is 1. The number of nitrogen functional groups attached to an aromatic ring is 1. The van der Waals surface area contributed by atoms with Crippen LogP contribution in [0.1, 0.15) is 45.6 Å². The Morgan fingerprint density at radius 1 is 1.05 bits per heavy atom. The quantitative estimate of drug-likeness (QED) is 0.844. The Kier molecular flexibility index (Phi) is 4.32. The first-order valence-electron chi connectivity index (χ1n) is 7.12. The lowest BCUT2D eigenvalue weighted by Crippen LogP contribution is -2.27. The van der Waals surface area contributed by atoms with Gasteiger partial charge in [-0.25, -0.2) is 0 Å². The van der Waals surface area contributed by atoms with Crippen LogP contribution in [0.2, 0.25) is 0 Å². The SMILES string of the molecule is Cc1ccc(C)c(C(C)NC(=O)c2ccc(N)c(C)c2)c1. The highest BCUT2D eigenvalue weighted by Gasteiger charge is 2.13. The summed E-state index contributed by atoms with van der Waals surface area (Å²) in [5, 5.41) is 3.05. The summed E-state index contributed by atoms with van der Waals surface area (Å²) in [6, 6.07) is 11.6. The fraction of sp³-hybridized carbons (Fsp3) is 0.278. The summed E-state index contributed by atoms with van der Waals surface area (Å²) in [7, 11) is 0. The number of hydrogen-bond acceptors (Lipinski definition) is 2. The molecule has 0 heterocycles. The first kappa shape index (κ1) is 15.1. The monoisotopic (exact) mass is 282 g/mol. The molecule has 0 saturated carbocycles. The van der Waals surface area contributed by atoms with Gasteiger partial charge >= 0.3 is 0 Å². The number of nitrogens with two attached hydrogens (primary N) is 1. The van der Waals surface area contributed by atoms with Gasteiger partial charge < -0.3 is 11.1 Å². The van der Waals surface area contributed by atoms with Crippen molar-refractivity contribution in [1.29, 1.82) is 0 Å². The van der Waals surface area contributed by atoms with E-state index in [1.165, 1.54) is 11.1 Å². The van der Waals surface area contributed by atoms with Crippen molar-refractivity contribution in [3.8, 4) is 0 Å². The van der Waals surface area contributed by atoms with Crippen LogP contribution in [0.3, 0.4) is 0 Å². The molecule has 2 rings (SSSR count). The molecule has 3 N–H and O–H groups in total. The van der Waals surface area contributed by atoms with Crippen molar-refractivity contribution >= 4 is 11.6 Å². The fourth-order valence-electron chi connectivity index (χ4n) is 2.40. The molecule has 110 valence electrons. The molecule has 2 aromatic rings. The maximum atomic E-state index is 12.3. The molecule has 0 fully saturated rings. The minimum atomic E-state index is -0.0773. The van der Waals surface area contributed by atoms with E-state index in [2.05, 4.69) is 37.4 Å². The van der Waals surface area contributed by atoms with E-state index in [4.69, 9.17) is 5.73 Å². The first-order chi connectivity index (χ1) is 9.88. The second kappa shape index (κ2) is 6.00. The normalized spacial score (nSPS) is 12.0. The van der Waals surface area contributed by atoms with Gasteiger partial charge in [0.1, 0.15) is 0 Å². The lowest BCUT2D eigenvalue weighted by Gasteiger charge is -2.17. The van der Waals surface area contributed by atoms with Crippen LogP contribution in [-0.4, -0.2) is 5.91 Å². The summed E-state index contributed by atoms with van der Waals surface area (Å²) in [5.41, 5.74) is 11.6. The molecule has 3 heteroatoms. The molecular formula is C18H22N2O. The highest BCUT2D eigenvalue weighted by atomic mass is 16.1. The van der Waals surface area contributed by atoms with Gasteiger partial charge in [0, 0.05) is 11.3 Å². The lowest BCUT2D eigenvalue weighted by molar-refractivity contribution is 0.0939. The second-order valence-electron chi connectivity index (χ2n) is 5.63. The van der Waals surface area contributed by atoms with Gasteiger partial charge in [-0.05, 0) is 62.6 Å². The van der Waals surface area contributed by atoms with Crippen LogP contribution in [0.15, 0.2) is 36.4 Å². The van der Waals surface area contributed by atoms with Gasteiger partial charge in [-0.3, -0.25) is 4.79 Å². The van der Waals surface area contributed by atoms with E-state index < -0.39 is 0 Å².